The third-order valence-electron chi connectivity index (χ3n) is 4.57. The van der Waals surface area contributed by atoms with Gasteiger partial charge in [-0.15, -0.1) is 0 Å². The van der Waals surface area contributed by atoms with Crippen LogP contribution in [-0.4, -0.2) is 77.6 Å². The molecule has 0 atom stereocenters. The SMILES string of the molecule is COCCOc1cc(/C=C2/SC(=O)NC2=O)nc(N2CCN(c3ncccn3)CC2)n1. The van der Waals surface area contributed by atoms with Gasteiger partial charge in [-0.2, -0.15) is 4.98 Å². The Hall–Kier alpha value is -3.25. The maximum atomic E-state index is 11.9. The van der Waals surface area contributed by atoms with Gasteiger partial charge in [-0.05, 0) is 23.9 Å². The van der Waals surface area contributed by atoms with Gasteiger partial charge in [-0.25, -0.2) is 15.0 Å². The number of ether oxygens (including phenoxy) is 2. The van der Waals surface area contributed by atoms with Crippen molar-refractivity contribution in [3.8, 4) is 5.88 Å². The van der Waals surface area contributed by atoms with Crippen molar-refractivity contribution in [2.75, 3.05) is 56.3 Å². The molecule has 1 N–H and O–H groups in total. The first-order valence-corrected chi connectivity index (χ1v) is 10.5. The van der Waals surface area contributed by atoms with E-state index in [1.165, 1.54) is 0 Å². The lowest BCUT2D eigenvalue weighted by molar-refractivity contribution is -0.115. The van der Waals surface area contributed by atoms with E-state index in [1.54, 1.807) is 37.7 Å². The second-order valence-corrected chi connectivity index (χ2v) is 7.66. The third-order valence-corrected chi connectivity index (χ3v) is 5.38. The van der Waals surface area contributed by atoms with Crippen molar-refractivity contribution < 1.29 is 19.1 Å². The van der Waals surface area contributed by atoms with Crippen molar-refractivity contribution in [2.45, 2.75) is 0 Å². The predicted molar refractivity (Wildman–Crippen MR) is 115 cm³/mol. The van der Waals surface area contributed by atoms with Gasteiger partial charge in [0.25, 0.3) is 11.1 Å². The first-order valence-electron chi connectivity index (χ1n) is 9.65. The van der Waals surface area contributed by atoms with Crippen molar-refractivity contribution in [1.29, 1.82) is 0 Å². The molecule has 2 aromatic rings. The summed E-state index contributed by atoms with van der Waals surface area (Å²) in [7, 11) is 1.59. The topological polar surface area (TPSA) is 123 Å². The molecule has 11 nitrogen and oxygen atoms in total. The van der Waals surface area contributed by atoms with Crippen LogP contribution in [0.15, 0.2) is 29.4 Å². The maximum absolute atomic E-state index is 11.9. The zero-order valence-electron chi connectivity index (χ0n) is 16.9. The Labute approximate surface area is 182 Å². The van der Waals surface area contributed by atoms with Crippen molar-refractivity contribution in [1.82, 2.24) is 25.3 Å². The lowest BCUT2D eigenvalue weighted by Gasteiger charge is -2.34. The van der Waals surface area contributed by atoms with Gasteiger partial charge in [0.05, 0.1) is 17.2 Å². The molecular weight excluding hydrogens is 422 g/mol. The number of hydrogen-bond acceptors (Lipinski definition) is 11. The average Bonchev–Trinajstić information content (AvgIpc) is 3.11. The number of rotatable bonds is 7. The molecule has 2 aliphatic heterocycles. The van der Waals surface area contributed by atoms with Gasteiger partial charge >= 0.3 is 0 Å². The van der Waals surface area contributed by atoms with Gasteiger partial charge in [0.2, 0.25) is 17.8 Å². The summed E-state index contributed by atoms with van der Waals surface area (Å²) in [4.78, 5) is 45.5. The number of methoxy groups -OCH3 is 1. The summed E-state index contributed by atoms with van der Waals surface area (Å²) in [5.41, 5.74) is 0.485. The second-order valence-electron chi connectivity index (χ2n) is 6.65. The number of thioether (sulfide) groups is 1. The summed E-state index contributed by atoms with van der Waals surface area (Å²) < 4.78 is 10.7. The number of piperazine rings is 1. The average molecular weight is 443 g/mol. The van der Waals surface area contributed by atoms with Crippen LogP contribution in [0, 0.1) is 0 Å². The molecule has 0 bridgehead atoms. The minimum absolute atomic E-state index is 0.281. The van der Waals surface area contributed by atoms with Crippen LogP contribution < -0.4 is 19.9 Å². The molecule has 0 aliphatic carbocycles. The molecule has 2 aliphatic rings. The summed E-state index contributed by atoms with van der Waals surface area (Å²) in [5, 5.41) is 1.84. The molecular formula is C19H21N7O4S. The Bertz CT molecular complexity index is 980. The number of nitrogens with one attached hydrogen (secondary N) is 1. The number of carbonyl (C=O) groups is 2. The Kier molecular flexibility index (Phi) is 6.57. The predicted octanol–water partition coefficient (Wildman–Crippen LogP) is 0.942. The molecule has 2 fully saturated rings. The Morgan fingerprint density at radius 2 is 1.77 bits per heavy atom. The third kappa shape index (κ3) is 5.27. The molecule has 0 aromatic carbocycles. The molecule has 0 saturated carbocycles. The number of hydrogen-bond donors (Lipinski definition) is 1. The smallest absolute Gasteiger partial charge is 0.290 e. The van der Waals surface area contributed by atoms with Crippen LogP contribution in [0.5, 0.6) is 5.88 Å². The number of nitrogens with zero attached hydrogens (tertiary/aromatic N) is 6. The van der Waals surface area contributed by atoms with E-state index in [4.69, 9.17) is 9.47 Å². The van der Waals surface area contributed by atoms with Gasteiger partial charge < -0.3 is 19.3 Å². The van der Waals surface area contributed by atoms with Crippen molar-refractivity contribution in [2.24, 2.45) is 0 Å². The zero-order valence-corrected chi connectivity index (χ0v) is 17.7. The lowest BCUT2D eigenvalue weighted by Crippen LogP contribution is -2.47. The van der Waals surface area contributed by atoms with Crippen LogP contribution in [0.4, 0.5) is 16.7 Å². The normalized spacial score (nSPS) is 17.9. The van der Waals surface area contributed by atoms with E-state index in [0.717, 1.165) is 11.8 Å². The maximum Gasteiger partial charge on any atom is 0.290 e. The molecule has 31 heavy (non-hydrogen) atoms. The number of imide groups is 1. The lowest BCUT2D eigenvalue weighted by atomic mass is 10.3. The van der Waals surface area contributed by atoms with Crippen LogP contribution >= 0.6 is 11.8 Å². The quantitative estimate of drug-likeness (QED) is 0.486. The highest BCUT2D eigenvalue weighted by molar-refractivity contribution is 8.18. The highest BCUT2D eigenvalue weighted by Gasteiger charge is 2.26. The first-order chi connectivity index (χ1) is 15.1. The van der Waals surface area contributed by atoms with Crippen LogP contribution in [0.1, 0.15) is 5.69 Å². The van der Waals surface area contributed by atoms with Crippen LogP contribution in [-0.2, 0) is 9.53 Å². The van der Waals surface area contributed by atoms with Gasteiger partial charge in [0.15, 0.2) is 0 Å². The summed E-state index contributed by atoms with van der Waals surface area (Å²) in [6, 6.07) is 3.42. The van der Waals surface area contributed by atoms with Crippen LogP contribution in [0.3, 0.4) is 0 Å². The van der Waals surface area contributed by atoms with E-state index >= 15 is 0 Å². The van der Waals surface area contributed by atoms with E-state index in [-0.39, 0.29) is 4.91 Å². The second kappa shape index (κ2) is 9.71. The van der Waals surface area contributed by atoms with Gasteiger partial charge in [-0.3, -0.25) is 14.9 Å². The zero-order chi connectivity index (χ0) is 21.6. The standard InChI is InChI=1S/C19H21N7O4S/c1-29-9-10-30-15-12-13(11-14-16(27)24-19(28)31-14)22-18(23-15)26-7-5-25(6-8-26)17-20-3-2-4-21-17/h2-4,11-12H,5-10H2,1H3,(H,24,27,28)/b14-11+. The van der Waals surface area contributed by atoms with Crippen LogP contribution in [0.25, 0.3) is 6.08 Å². The molecule has 162 valence electrons. The Morgan fingerprint density at radius 1 is 1.06 bits per heavy atom. The van der Waals surface area contributed by atoms with Crippen molar-refractivity contribution >= 4 is 40.9 Å². The molecule has 4 heterocycles. The Morgan fingerprint density at radius 3 is 2.42 bits per heavy atom. The summed E-state index contributed by atoms with van der Waals surface area (Å²) in [5.74, 6) is 1.12. The molecule has 2 amide bonds. The molecule has 2 saturated heterocycles. The molecule has 4 rings (SSSR count). The molecule has 0 spiro atoms. The largest absolute Gasteiger partial charge is 0.475 e. The Balaban J connectivity index is 1.53. The summed E-state index contributed by atoms with van der Waals surface area (Å²) in [6.07, 6.45) is 5.01. The van der Waals surface area contributed by atoms with E-state index in [2.05, 4.69) is 30.2 Å². The molecule has 0 radical (unpaired) electrons. The molecule has 12 heteroatoms. The molecule has 0 unspecified atom stereocenters. The molecule has 2 aromatic heterocycles. The fraction of sp³-hybridized carbons (Fsp3) is 0.368. The number of amides is 2. The fourth-order valence-electron chi connectivity index (χ4n) is 3.07. The fourth-order valence-corrected chi connectivity index (χ4v) is 3.73. The van der Waals surface area contributed by atoms with Gasteiger partial charge in [-0.1, -0.05) is 0 Å². The van der Waals surface area contributed by atoms with E-state index < -0.39 is 11.1 Å². The van der Waals surface area contributed by atoms with Gasteiger partial charge in [0.1, 0.15) is 6.61 Å². The van der Waals surface area contributed by atoms with Crippen molar-refractivity contribution in [3.05, 3.63) is 35.1 Å². The van der Waals surface area contributed by atoms with Crippen LogP contribution in [0.2, 0.25) is 0 Å². The van der Waals surface area contributed by atoms with E-state index in [0.29, 0.717) is 62.9 Å². The summed E-state index contributed by atoms with van der Waals surface area (Å²) in [6.45, 7) is 3.51. The number of anilines is 2. The highest BCUT2D eigenvalue weighted by Crippen LogP contribution is 2.27. The summed E-state index contributed by atoms with van der Waals surface area (Å²) >= 11 is 0.841. The number of carbonyl (C=O) groups excluding carboxylic acids is 2. The van der Waals surface area contributed by atoms with E-state index in [9.17, 15) is 9.59 Å². The first kappa shape index (κ1) is 21.0. The van der Waals surface area contributed by atoms with Crippen molar-refractivity contribution in [3.63, 3.8) is 0 Å². The monoisotopic (exact) mass is 443 g/mol. The minimum atomic E-state index is -0.437. The minimum Gasteiger partial charge on any atom is -0.475 e. The number of aromatic nitrogens is 4. The van der Waals surface area contributed by atoms with Gasteiger partial charge in [0, 0.05) is 51.7 Å². The highest BCUT2D eigenvalue weighted by atomic mass is 32.2. The van der Waals surface area contributed by atoms with E-state index in [1.807, 2.05) is 4.90 Å².